The van der Waals surface area contributed by atoms with Crippen molar-refractivity contribution in [2.45, 2.75) is 20.8 Å². The Balaban J connectivity index is 1.93. The molecule has 0 fully saturated rings. The molecule has 3 heterocycles. The number of terminal acetylenes is 1. The Morgan fingerprint density at radius 1 is 1.28 bits per heavy atom. The van der Waals surface area contributed by atoms with Crippen molar-refractivity contribution in [3.8, 4) is 40.5 Å². The summed E-state index contributed by atoms with van der Waals surface area (Å²) in [5.41, 5.74) is 5.41. The van der Waals surface area contributed by atoms with E-state index in [4.69, 9.17) is 22.8 Å². The number of aryl methyl sites for hydroxylation is 2. The van der Waals surface area contributed by atoms with E-state index in [-0.39, 0.29) is 16.9 Å². The zero-order valence-electron chi connectivity index (χ0n) is 20.2. The van der Waals surface area contributed by atoms with E-state index in [1.54, 1.807) is 25.3 Å². The van der Waals surface area contributed by atoms with Gasteiger partial charge >= 0.3 is 6.02 Å². The standard InChI is InChI=1S/C27H22ClFN6O/c1-7-16(4)34-27(30-5)36-21-10-9-17(12-20(21)29)22-23-25(28)32-14-33-26(23)35(6)24(22)19-13-31-18(8-2)11-15(19)3/h2,7,9-14H,5H2,1,3-4,6H3/b16-7-,34-27+. The molecule has 4 aromatic rings. The minimum absolute atomic E-state index is 0.0471. The summed E-state index contributed by atoms with van der Waals surface area (Å²) in [7, 11) is 1.86. The molecule has 0 bridgehead atoms. The van der Waals surface area contributed by atoms with Crippen molar-refractivity contribution >= 4 is 35.4 Å². The van der Waals surface area contributed by atoms with E-state index in [0.29, 0.717) is 33.6 Å². The van der Waals surface area contributed by atoms with Gasteiger partial charge in [0.15, 0.2) is 11.6 Å². The van der Waals surface area contributed by atoms with Crippen molar-refractivity contribution in [1.29, 1.82) is 0 Å². The summed E-state index contributed by atoms with van der Waals surface area (Å²) in [6.07, 6.45) is 10.4. The highest BCUT2D eigenvalue weighted by atomic mass is 35.5. The number of allylic oxidation sites excluding steroid dienone is 2. The summed E-state index contributed by atoms with van der Waals surface area (Å²) >= 11 is 6.53. The van der Waals surface area contributed by atoms with Crippen LogP contribution in [0.25, 0.3) is 33.4 Å². The summed E-state index contributed by atoms with van der Waals surface area (Å²) in [5, 5.41) is 0.833. The van der Waals surface area contributed by atoms with Gasteiger partial charge in [-0.3, -0.25) is 0 Å². The van der Waals surface area contributed by atoms with Crippen LogP contribution >= 0.6 is 11.6 Å². The summed E-state index contributed by atoms with van der Waals surface area (Å²) in [6.45, 7) is 8.97. The quantitative estimate of drug-likeness (QED) is 0.146. The molecule has 0 aliphatic heterocycles. The normalized spacial score (nSPS) is 12.0. The molecular weight excluding hydrogens is 479 g/mol. The van der Waals surface area contributed by atoms with Crippen molar-refractivity contribution in [2.24, 2.45) is 17.0 Å². The van der Waals surface area contributed by atoms with Gasteiger partial charge < -0.3 is 9.30 Å². The number of pyridine rings is 1. The third-order valence-corrected chi connectivity index (χ3v) is 5.97. The van der Waals surface area contributed by atoms with E-state index < -0.39 is 5.82 Å². The number of ether oxygens (including phenoxy) is 1. The van der Waals surface area contributed by atoms with Gasteiger partial charge in [0.25, 0.3) is 0 Å². The predicted molar refractivity (Wildman–Crippen MR) is 142 cm³/mol. The molecule has 180 valence electrons. The van der Waals surface area contributed by atoms with Crippen LogP contribution in [0.2, 0.25) is 5.15 Å². The van der Waals surface area contributed by atoms with Gasteiger partial charge in [0.1, 0.15) is 22.8 Å². The predicted octanol–water partition coefficient (Wildman–Crippen LogP) is 6.14. The van der Waals surface area contributed by atoms with Gasteiger partial charge in [-0.15, -0.1) is 6.42 Å². The van der Waals surface area contributed by atoms with Gasteiger partial charge in [0.2, 0.25) is 0 Å². The number of rotatable bonds is 4. The van der Waals surface area contributed by atoms with Crippen molar-refractivity contribution in [3.05, 3.63) is 70.8 Å². The molecule has 0 atom stereocenters. The van der Waals surface area contributed by atoms with E-state index in [9.17, 15) is 0 Å². The lowest BCUT2D eigenvalue weighted by Crippen LogP contribution is -2.06. The first-order valence-corrected chi connectivity index (χ1v) is 11.2. The first-order chi connectivity index (χ1) is 17.3. The molecule has 0 unspecified atom stereocenters. The third kappa shape index (κ3) is 4.49. The number of aromatic nitrogens is 4. The zero-order chi connectivity index (χ0) is 26.0. The first-order valence-electron chi connectivity index (χ1n) is 10.9. The van der Waals surface area contributed by atoms with Crippen molar-refractivity contribution < 1.29 is 9.13 Å². The highest BCUT2D eigenvalue weighted by Crippen LogP contribution is 2.43. The van der Waals surface area contributed by atoms with E-state index >= 15 is 4.39 Å². The van der Waals surface area contributed by atoms with Crippen molar-refractivity contribution in [1.82, 2.24) is 19.5 Å². The fourth-order valence-electron chi connectivity index (χ4n) is 3.84. The van der Waals surface area contributed by atoms with Gasteiger partial charge in [0, 0.05) is 30.1 Å². The summed E-state index contributed by atoms with van der Waals surface area (Å²) in [4.78, 5) is 20.8. The second-order valence-corrected chi connectivity index (χ2v) is 8.26. The number of benzene rings is 1. The van der Waals surface area contributed by atoms with E-state index in [2.05, 4.69) is 37.6 Å². The second kappa shape index (κ2) is 10.1. The number of nitrogens with zero attached hydrogens (tertiary/aromatic N) is 6. The highest BCUT2D eigenvalue weighted by molar-refractivity contribution is 6.35. The van der Waals surface area contributed by atoms with Crippen LogP contribution < -0.4 is 4.74 Å². The van der Waals surface area contributed by atoms with E-state index in [1.165, 1.54) is 18.5 Å². The maximum Gasteiger partial charge on any atom is 0.321 e. The largest absolute Gasteiger partial charge is 0.421 e. The van der Waals surface area contributed by atoms with E-state index in [1.807, 2.05) is 31.5 Å². The fraction of sp³-hybridized carbons (Fsp3) is 0.148. The molecule has 0 amide bonds. The smallest absolute Gasteiger partial charge is 0.321 e. The van der Waals surface area contributed by atoms with Crippen LogP contribution in [0.5, 0.6) is 5.75 Å². The lowest BCUT2D eigenvalue weighted by atomic mass is 9.97. The number of fused-ring (bicyclic) bond motifs is 1. The molecule has 0 saturated carbocycles. The number of amidine groups is 1. The Labute approximate surface area is 213 Å². The average molecular weight is 501 g/mol. The minimum Gasteiger partial charge on any atom is -0.421 e. The van der Waals surface area contributed by atoms with Crippen molar-refractivity contribution in [2.75, 3.05) is 0 Å². The maximum atomic E-state index is 15.3. The first kappa shape index (κ1) is 24.8. The van der Waals surface area contributed by atoms with Gasteiger partial charge in [-0.25, -0.2) is 29.3 Å². The molecule has 0 N–H and O–H groups in total. The van der Waals surface area contributed by atoms with Crippen LogP contribution in [0.3, 0.4) is 0 Å². The fourth-order valence-corrected chi connectivity index (χ4v) is 4.06. The molecule has 3 aromatic heterocycles. The Morgan fingerprint density at radius 3 is 2.69 bits per heavy atom. The molecular formula is C27H22ClFN6O. The SMILES string of the molecule is C#Cc1cc(C)c(-c2c(-c3ccc(O/C(N=C)=N/C(C)=C\C)c(F)c3)c3c(Cl)ncnc3n2C)cn1. The van der Waals surface area contributed by atoms with E-state index in [0.717, 1.165) is 16.8 Å². The second-order valence-electron chi connectivity index (χ2n) is 7.90. The molecule has 9 heteroatoms. The average Bonchev–Trinajstić information content (AvgIpc) is 3.17. The molecule has 0 aliphatic carbocycles. The van der Waals surface area contributed by atoms with Crippen LogP contribution in [0.4, 0.5) is 4.39 Å². The molecule has 7 nitrogen and oxygen atoms in total. The lowest BCUT2D eigenvalue weighted by molar-refractivity contribution is 0.486. The molecule has 4 rings (SSSR count). The number of halogens is 2. The van der Waals surface area contributed by atoms with Crippen LogP contribution in [-0.2, 0) is 7.05 Å². The van der Waals surface area contributed by atoms with Gasteiger partial charge in [-0.1, -0.05) is 29.7 Å². The van der Waals surface area contributed by atoms with Gasteiger partial charge in [-0.2, -0.15) is 0 Å². The monoisotopic (exact) mass is 500 g/mol. The zero-order valence-corrected chi connectivity index (χ0v) is 20.9. The van der Waals surface area contributed by atoms with Crippen LogP contribution in [0.1, 0.15) is 25.1 Å². The van der Waals surface area contributed by atoms with Crippen LogP contribution in [-0.4, -0.2) is 32.3 Å². The summed E-state index contributed by atoms with van der Waals surface area (Å²) in [6, 6.07) is 6.34. The third-order valence-electron chi connectivity index (χ3n) is 5.68. The number of aliphatic imine (C=N–C) groups is 2. The molecule has 0 saturated heterocycles. The van der Waals surface area contributed by atoms with Crippen LogP contribution in [0, 0.1) is 25.1 Å². The molecule has 0 radical (unpaired) electrons. The minimum atomic E-state index is -0.615. The number of hydrogen-bond acceptors (Lipinski definition) is 5. The lowest BCUT2D eigenvalue weighted by Gasteiger charge is -2.12. The van der Waals surface area contributed by atoms with Gasteiger partial charge in [-0.05, 0) is 56.8 Å². The topological polar surface area (TPSA) is 77.5 Å². The molecule has 0 spiro atoms. The maximum absolute atomic E-state index is 15.3. The van der Waals surface area contributed by atoms with Gasteiger partial charge in [0.05, 0.1) is 11.1 Å². The molecule has 1 aromatic carbocycles. The molecule has 36 heavy (non-hydrogen) atoms. The summed E-state index contributed by atoms with van der Waals surface area (Å²) < 4.78 is 22.7. The Morgan fingerprint density at radius 2 is 2.06 bits per heavy atom. The Bertz CT molecular complexity index is 1610. The molecule has 0 aliphatic rings. The summed E-state index contributed by atoms with van der Waals surface area (Å²) in [5.74, 6) is 1.88. The highest BCUT2D eigenvalue weighted by Gasteiger charge is 2.24. The van der Waals surface area contributed by atoms with Crippen molar-refractivity contribution in [3.63, 3.8) is 0 Å². The Hall–Kier alpha value is -4.35. The van der Waals surface area contributed by atoms with Crippen LogP contribution in [0.15, 0.2) is 58.5 Å². The number of hydrogen-bond donors (Lipinski definition) is 0. The Kier molecular flexibility index (Phi) is 6.95.